The van der Waals surface area contributed by atoms with E-state index in [1.54, 1.807) is 6.92 Å². The molecule has 0 aromatic rings. The third-order valence-corrected chi connectivity index (χ3v) is 4.97. The van der Waals surface area contributed by atoms with Gasteiger partial charge in [-0.05, 0) is 32.6 Å². The smallest absolute Gasteiger partial charge is 0.748 e. The Kier molecular flexibility index (Phi) is 17.8. The quantitative estimate of drug-likeness (QED) is 0.301. The number of hydrogen-bond donors (Lipinski definition) is 1. The van der Waals surface area contributed by atoms with Crippen molar-refractivity contribution in [2.24, 2.45) is 0 Å². The Morgan fingerprint density at radius 1 is 0.905 bits per heavy atom. The zero-order valence-corrected chi connectivity index (χ0v) is 18.0. The summed E-state index contributed by atoms with van der Waals surface area (Å²) in [6, 6.07) is 0. The van der Waals surface area contributed by atoms with Gasteiger partial charge >= 0.3 is 51.4 Å². The van der Waals surface area contributed by atoms with Crippen LogP contribution in [0.4, 0.5) is 0 Å². The van der Waals surface area contributed by atoms with Gasteiger partial charge in [-0.25, -0.2) is 8.42 Å². The van der Waals surface area contributed by atoms with Gasteiger partial charge < -0.3 is 9.66 Å². The summed E-state index contributed by atoms with van der Waals surface area (Å²) in [5, 5.41) is 8.39. The van der Waals surface area contributed by atoms with Gasteiger partial charge in [-0.3, -0.25) is 0 Å². The molecule has 0 rings (SSSR count). The van der Waals surface area contributed by atoms with Crippen LogP contribution >= 0.6 is 0 Å². The van der Waals surface area contributed by atoms with Crippen molar-refractivity contribution in [3.05, 3.63) is 0 Å². The zero-order valence-electron chi connectivity index (χ0n) is 14.0. The Morgan fingerprint density at radius 2 is 1.38 bits per heavy atom. The van der Waals surface area contributed by atoms with E-state index in [-0.39, 0.29) is 51.4 Å². The van der Waals surface area contributed by atoms with E-state index in [0.29, 0.717) is 25.7 Å². The van der Waals surface area contributed by atoms with Crippen molar-refractivity contribution in [1.82, 2.24) is 0 Å². The number of unbranched alkanes of at least 4 members (excludes halogenated alkanes) is 6. The van der Waals surface area contributed by atoms with Crippen LogP contribution in [-0.4, -0.2) is 29.4 Å². The van der Waals surface area contributed by atoms with E-state index < -0.39 is 21.5 Å². The molecule has 1 N–H and O–H groups in total. The largest absolute Gasteiger partial charge is 1.00 e. The predicted octanol–water partition coefficient (Wildman–Crippen LogP) is 0.596. The summed E-state index contributed by atoms with van der Waals surface area (Å²) in [7, 11) is -4.20. The van der Waals surface area contributed by atoms with Crippen LogP contribution in [0.15, 0.2) is 0 Å². The average Bonchev–Trinajstić information content (AvgIpc) is 2.33. The molecule has 0 heterocycles. The van der Waals surface area contributed by atoms with Crippen molar-refractivity contribution in [1.29, 1.82) is 0 Å². The molecule has 0 amide bonds. The molecule has 0 saturated carbocycles. The summed E-state index contributed by atoms with van der Waals surface area (Å²) < 4.78 is 33.6. The molecule has 0 fully saturated rings. The van der Waals surface area contributed by atoms with Crippen LogP contribution in [0, 0.1) is 0 Å². The normalized spacial score (nSPS) is 14.5. The molecule has 0 aliphatic rings. The van der Waals surface area contributed by atoms with E-state index >= 15 is 0 Å². The van der Waals surface area contributed by atoms with Gasteiger partial charge in [0.25, 0.3) is 0 Å². The summed E-state index contributed by atoms with van der Waals surface area (Å²) in [5.74, 6) is 0. The van der Waals surface area contributed by atoms with Gasteiger partial charge in [0.2, 0.25) is 0 Å². The van der Waals surface area contributed by atoms with Crippen molar-refractivity contribution in [3.63, 3.8) is 0 Å². The van der Waals surface area contributed by atoms with Crippen LogP contribution in [0.25, 0.3) is 0 Å². The Morgan fingerprint density at radius 3 is 1.86 bits per heavy atom. The van der Waals surface area contributed by atoms with E-state index in [4.69, 9.17) is 5.11 Å². The van der Waals surface area contributed by atoms with Crippen LogP contribution < -0.4 is 51.4 Å². The molecule has 122 valence electrons. The minimum Gasteiger partial charge on any atom is -0.748 e. The average molecular weight is 347 g/mol. The summed E-state index contributed by atoms with van der Waals surface area (Å²) >= 11 is 0. The Balaban J connectivity index is 0. The molecule has 21 heavy (non-hydrogen) atoms. The molecule has 0 bridgehead atoms. The molecule has 2 unspecified atom stereocenters. The molecule has 4 nitrogen and oxygen atoms in total. The summed E-state index contributed by atoms with van der Waals surface area (Å²) in [4.78, 5) is 0. The maximum Gasteiger partial charge on any atom is 1.00 e. The summed E-state index contributed by atoms with van der Waals surface area (Å²) in [6.45, 7) is 3.86. The fourth-order valence-electron chi connectivity index (χ4n) is 2.40. The van der Waals surface area contributed by atoms with Gasteiger partial charge in [-0.1, -0.05) is 51.9 Å². The molecular weight excluding hydrogens is 315 g/mol. The standard InChI is InChI=1S/C15H32O4S.K/c1-3-4-5-6-7-8-9-12-15(20(17,18)19)13-10-11-14(2)16;/h14-16H,3-13H2,1-2H3,(H,17,18,19);/q;+1/p-1. The predicted molar refractivity (Wildman–Crippen MR) is 81.6 cm³/mol. The van der Waals surface area contributed by atoms with Gasteiger partial charge in [0.1, 0.15) is 0 Å². The second-order valence-electron chi connectivity index (χ2n) is 5.80. The van der Waals surface area contributed by atoms with Crippen molar-refractivity contribution < 1.29 is 69.5 Å². The minimum absolute atomic E-state index is 0. The van der Waals surface area contributed by atoms with Gasteiger partial charge in [0, 0.05) is 5.25 Å². The van der Waals surface area contributed by atoms with Gasteiger partial charge in [0.15, 0.2) is 0 Å². The van der Waals surface area contributed by atoms with E-state index in [2.05, 4.69) is 6.92 Å². The molecule has 0 aliphatic heterocycles. The monoisotopic (exact) mass is 346 g/mol. The Labute approximate surface area is 173 Å². The molecular formula is C15H31KO4S. The van der Waals surface area contributed by atoms with E-state index in [0.717, 1.165) is 19.3 Å². The third-order valence-electron chi connectivity index (χ3n) is 3.69. The van der Waals surface area contributed by atoms with Crippen molar-refractivity contribution in [2.75, 3.05) is 0 Å². The van der Waals surface area contributed by atoms with Crippen LogP contribution in [0.3, 0.4) is 0 Å². The first-order valence-electron chi connectivity index (χ1n) is 8.00. The molecule has 0 saturated heterocycles. The second kappa shape index (κ2) is 15.1. The van der Waals surface area contributed by atoms with Crippen LogP contribution in [-0.2, 0) is 10.1 Å². The first-order chi connectivity index (χ1) is 9.38. The van der Waals surface area contributed by atoms with Gasteiger partial charge in [0.05, 0.1) is 16.2 Å². The zero-order chi connectivity index (χ0) is 15.4. The molecule has 0 aromatic heterocycles. The number of hydrogen-bond acceptors (Lipinski definition) is 4. The number of rotatable bonds is 13. The SMILES string of the molecule is CCCCCCCCCC(CCCC(C)O)S(=O)(=O)[O-].[K+]. The van der Waals surface area contributed by atoms with Gasteiger partial charge in [-0.15, -0.1) is 0 Å². The molecule has 0 aliphatic carbocycles. The van der Waals surface area contributed by atoms with Gasteiger partial charge in [-0.2, -0.15) is 0 Å². The third kappa shape index (κ3) is 16.2. The van der Waals surface area contributed by atoms with Crippen LogP contribution in [0.5, 0.6) is 0 Å². The van der Waals surface area contributed by atoms with Crippen molar-refractivity contribution >= 4 is 10.1 Å². The van der Waals surface area contributed by atoms with E-state index in [1.165, 1.54) is 25.7 Å². The molecule has 0 radical (unpaired) electrons. The maximum atomic E-state index is 11.2. The fourth-order valence-corrected chi connectivity index (χ4v) is 3.31. The molecule has 0 aromatic carbocycles. The van der Waals surface area contributed by atoms with Crippen molar-refractivity contribution in [2.45, 2.75) is 95.8 Å². The van der Waals surface area contributed by atoms with E-state index in [1.807, 2.05) is 0 Å². The fraction of sp³-hybridized carbons (Fsp3) is 1.00. The number of aliphatic hydroxyl groups excluding tert-OH is 1. The molecule has 2 atom stereocenters. The Hall–Kier alpha value is 1.51. The number of aliphatic hydroxyl groups is 1. The first-order valence-corrected chi connectivity index (χ1v) is 9.47. The topological polar surface area (TPSA) is 77.4 Å². The van der Waals surface area contributed by atoms with E-state index in [9.17, 15) is 13.0 Å². The Bertz CT molecular complexity index is 318. The minimum atomic E-state index is -4.20. The van der Waals surface area contributed by atoms with Crippen molar-refractivity contribution in [3.8, 4) is 0 Å². The maximum absolute atomic E-state index is 11.2. The molecule has 6 heteroatoms. The van der Waals surface area contributed by atoms with Crippen LogP contribution in [0.2, 0.25) is 0 Å². The van der Waals surface area contributed by atoms with Crippen LogP contribution in [0.1, 0.15) is 84.5 Å². The summed E-state index contributed by atoms with van der Waals surface area (Å²) in [5.41, 5.74) is 0. The summed E-state index contributed by atoms with van der Waals surface area (Å²) in [6.07, 6.45) is 9.45. The second-order valence-corrected chi connectivity index (χ2v) is 7.46. The molecule has 0 spiro atoms. The first kappa shape index (κ1) is 24.8.